The lowest BCUT2D eigenvalue weighted by Gasteiger charge is -2.40. The van der Waals surface area contributed by atoms with Crippen molar-refractivity contribution in [3.8, 4) is 16.9 Å². The van der Waals surface area contributed by atoms with Gasteiger partial charge in [-0.15, -0.1) is 0 Å². The number of amides is 1. The molecule has 2 aliphatic rings. The fraction of sp³-hybridized carbons (Fsp3) is 0.364. The summed E-state index contributed by atoms with van der Waals surface area (Å²) < 4.78 is 31.2. The lowest BCUT2D eigenvalue weighted by Crippen LogP contribution is -2.54. The van der Waals surface area contributed by atoms with Gasteiger partial charge in [-0.2, -0.15) is 4.98 Å². The molecule has 1 aromatic carbocycles. The van der Waals surface area contributed by atoms with Crippen molar-refractivity contribution >= 4 is 22.8 Å². The smallest absolute Gasteiger partial charge is 0.350 e. The summed E-state index contributed by atoms with van der Waals surface area (Å²) >= 11 is 0. The monoisotopic (exact) mass is 584 g/mol. The number of fused-ring (bicyclic) bond motifs is 1. The van der Waals surface area contributed by atoms with Crippen molar-refractivity contribution in [2.24, 2.45) is 0 Å². The summed E-state index contributed by atoms with van der Waals surface area (Å²) in [5.74, 6) is -0.726. The molecular formula is C33H34F2N6O2. The maximum atomic E-state index is 15.3. The third-order valence-corrected chi connectivity index (χ3v) is 8.39. The normalized spacial score (nSPS) is 17.1. The number of rotatable bonds is 6. The Balaban J connectivity index is 1.67. The van der Waals surface area contributed by atoms with Crippen molar-refractivity contribution < 1.29 is 13.6 Å². The zero-order valence-corrected chi connectivity index (χ0v) is 24.8. The van der Waals surface area contributed by atoms with Gasteiger partial charge >= 0.3 is 5.69 Å². The van der Waals surface area contributed by atoms with Crippen LogP contribution in [0.1, 0.15) is 62.3 Å². The molecule has 6 rings (SSSR count). The zero-order chi connectivity index (χ0) is 30.6. The van der Waals surface area contributed by atoms with Crippen LogP contribution in [0.4, 0.5) is 14.6 Å². The average molecular weight is 585 g/mol. The second-order valence-corrected chi connectivity index (χ2v) is 11.8. The topological polar surface area (TPSA) is 84.2 Å². The van der Waals surface area contributed by atoms with Crippen LogP contribution in [0.5, 0.6) is 0 Å². The predicted molar refractivity (Wildman–Crippen MR) is 163 cm³/mol. The average Bonchev–Trinajstić information content (AvgIpc) is 3.83. The van der Waals surface area contributed by atoms with Gasteiger partial charge in [0.25, 0.3) is 0 Å². The van der Waals surface area contributed by atoms with E-state index in [0.717, 1.165) is 42.2 Å². The van der Waals surface area contributed by atoms with E-state index < -0.39 is 17.3 Å². The Kier molecular flexibility index (Phi) is 7.31. The molecule has 1 atom stereocenters. The van der Waals surface area contributed by atoms with Crippen molar-refractivity contribution in [1.82, 2.24) is 24.4 Å². The van der Waals surface area contributed by atoms with Crippen molar-refractivity contribution in [1.29, 1.82) is 0 Å². The molecule has 1 aliphatic heterocycles. The van der Waals surface area contributed by atoms with E-state index in [2.05, 4.69) is 16.5 Å². The Morgan fingerprint density at radius 3 is 2.56 bits per heavy atom. The first-order valence-electron chi connectivity index (χ1n) is 14.7. The van der Waals surface area contributed by atoms with Crippen LogP contribution in [0.2, 0.25) is 0 Å². The summed E-state index contributed by atoms with van der Waals surface area (Å²) in [5, 5.41) is 0.635. The van der Waals surface area contributed by atoms with Gasteiger partial charge in [-0.05, 0) is 86.1 Å². The number of aromatic nitrogens is 4. The first kappa shape index (κ1) is 28.6. The van der Waals surface area contributed by atoms with Crippen LogP contribution in [-0.4, -0.2) is 56.0 Å². The van der Waals surface area contributed by atoms with Crippen LogP contribution in [0.25, 0.3) is 28.0 Å². The quantitative estimate of drug-likeness (QED) is 0.272. The summed E-state index contributed by atoms with van der Waals surface area (Å²) in [6.07, 6.45) is 4.81. The van der Waals surface area contributed by atoms with Gasteiger partial charge in [0.1, 0.15) is 17.5 Å². The molecule has 1 saturated carbocycles. The minimum Gasteiger partial charge on any atom is -0.350 e. The van der Waals surface area contributed by atoms with Gasteiger partial charge in [0.15, 0.2) is 5.65 Å². The molecule has 0 spiro atoms. The summed E-state index contributed by atoms with van der Waals surface area (Å²) in [6, 6.07) is 6.98. The fourth-order valence-corrected chi connectivity index (χ4v) is 6.05. The van der Waals surface area contributed by atoms with E-state index in [0.29, 0.717) is 53.6 Å². The van der Waals surface area contributed by atoms with E-state index in [4.69, 9.17) is 4.98 Å². The number of hydrogen-bond acceptors (Lipinski definition) is 6. The predicted octanol–water partition coefficient (Wildman–Crippen LogP) is 5.65. The van der Waals surface area contributed by atoms with Gasteiger partial charge in [-0.1, -0.05) is 20.4 Å². The molecule has 0 unspecified atom stereocenters. The van der Waals surface area contributed by atoms with Crippen LogP contribution in [-0.2, 0) is 4.79 Å². The van der Waals surface area contributed by atoms with E-state index in [9.17, 15) is 14.0 Å². The maximum absolute atomic E-state index is 15.3. The van der Waals surface area contributed by atoms with Gasteiger partial charge in [0, 0.05) is 37.4 Å². The summed E-state index contributed by atoms with van der Waals surface area (Å²) in [5.41, 5.74) is 3.02. The van der Waals surface area contributed by atoms with Crippen LogP contribution in [0, 0.1) is 18.6 Å². The molecule has 2 fully saturated rings. The molecular weight excluding hydrogens is 550 g/mol. The van der Waals surface area contributed by atoms with Crippen molar-refractivity contribution in [3.05, 3.63) is 88.1 Å². The number of carbonyl (C=O) groups excluding carboxylic acids is 1. The van der Waals surface area contributed by atoms with Crippen molar-refractivity contribution in [2.45, 2.75) is 58.4 Å². The van der Waals surface area contributed by atoms with E-state index in [-0.39, 0.29) is 29.3 Å². The van der Waals surface area contributed by atoms with E-state index in [1.54, 1.807) is 11.1 Å². The second-order valence-electron chi connectivity index (χ2n) is 11.8. The Morgan fingerprint density at radius 2 is 1.88 bits per heavy atom. The lowest BCUT2D eigenvalue weighted by molar-refractivity contribution is -0.126. The number of carbonyl (C=O) groups is 1. The van der Waals surface area contributed by atoms with Crippen molar-refractivity contribution in [3.63, 3.8) is 0 Å². The number of hydrogen-bond donors (Lipinski definition) is 0. The number of nitrogens with zero attached hydrogens (tertiary/aromatic N) is 6. The summed E-state index contributed by atoms with van der Waals surface area (Å²) in [4.78, 5) is 44.4. The molecule has 4 heterocycles. The highest BCUT2D eigenvalue weighted by Crippen LogP contribution is 2.46. The number of pyridine rings is 2. The van der Waals surface area contributed by atoms with Gasteiger partial charge in [0.05, 0.1) is 22.5 Å². The Morgan fingerprint density at radius 1 is 1.12 bits per heavy atom. The second kappa shape index (κ2) is 11.0. The largest absolute Gasteiger partial charge is 0.355 e. The molecule has 1 aliphatic carbocycles. The lowest BCUT2D eigenvalue weighted by atomic mass is 9.99. The minimum atomic E-state index is -0.588. The van der Waals surface area contributed by atoms with Crippen LogP contribution >= 0.6 is 0 Å². The van der Waals surface area contributed by atoms with Crippen LogP contribution < -0.4 is 10.6 Å². The molecule has 8 nitrogen and oxygen atoms in total. The molecule has 43 heavy (non-hydrogen) atoms. The summed E-state index contributed by atoms with van der Waals surface area (Å²) in [7, 11) is 0. The number of anilines is 1. The van der Waals surface area contributed by atoms with Gasteiger partial charge in [0.2, 0.25) is 5.91 Å². The molecule has 0 bridgehead atoms. The first-order chi connectivity index (χ1) is 20.6. The minimum absolute atomic E-state index is 0.0158. The van der Waals surface area contributed by atoms with Gasteiger partial charge in [-0.3, -0.25) is 9.78 Å². The van der Waals surface area contributed by atoms with Gasteiger partial charge in [-0.25, -0.2) is 23.1 Å². The van der Waals surface area contributed by atoms with Crippen LogP contribution in [0.15, 0.2) is 54.0 Å². The zero-order valence-electron chi connectivity index (χ0n) is 24.8. The molecule has 0 radical (unpaired) electrons. The number of benzene rings is 1. The van der Waals surface area contributed by atoms with E-state index >= 15 is 4.39 Å². The van der Waals surface area contributed by atoms with Crippen molar-refractivity contribution in [2.75, 3.05) is 24.5 Å². The highest BCUT2D eigenvalue weighted by molar-refractivity contribution is 5.92. The molecule has 10 heteroatoms. The third kappa shape index (κ3) is 5.08. The number of halogens is 2. The van der Waals surface area contributed by atoms with E-state index in [1.807, 2.05) is 44.7 Å². The highest BCUT2D eigenvalue weighted by Gasteiger charge is 2.33. The Bertz CT molecular complexity index is 1830. The van der Waals surface area contributed by atoms with Gasteiger partial charge < -0.3 is 9.80 Å². The fourth-order valence-electron chi connectivity index (χ4n) is 6.05. The molecule has 0 N–H and O–H groups in total. The highest BCUT2D eigenvalue weighted by atomic mass is 19.1. The maximum Gasteiger partial charge on any atom is 0.355 e. The van der Waals surface area contributed by atoms with Crippen LogP contribution in [0.3, 0.4) is 0 Å². The number of piperazine rings is 1. The molecule has 3 aromatic heterocycles. The Hall–Kier alpha value is -4.47. The molecule has 4 aromatic rings. The SMILES string of the molecule is C=CC(=O)N1CCN(c2nc(=O)n(-c3c(C)ccnc3C(C)C)c3nc(-c4cc(F)ccc4F)c(C4CC4)cc23)[C@@H](C)C1. The third-order valence-electron chi connectivity index (χ3n) is 8.39. The standard InChI is InChI=1S/C33H34F2N6O2/c1-6-27(42)39-13-14-40(20(5)17-39)31-25-16-23(21-7-8-21)29(24-15-22(34)9-10-26(24)35)37-32(25)41(33(43)38-31)30-19(4)11-12-36-28(30)18(2)3/h6,9-12,15-16,18,20-21H,1,7-8,13-14,17H2,2-5H3/t20-/m0/s1. The summed E-state index contributed by atoms with van der Waals surface area (Å²) in [6.45, 7) is 12.8. The molecule has 222 valence electrons. The molecule has 1 amide bonds. The van der Waals surface area contributed by atoms with E-state index in [1.165, 1.54) is 10.6 Å². The first-order valence-corrected chi connectivity index (χ1v) is 14.7. The Labute approximate surface area is 248 Å². The number of aryl methyl sites for hydroxylation is 1. The molecule has 1 saturated heterocycles.